The van der Waals surface area contributed by atoms with E-state index in [1.165, 1.54) is 12.1 Å². The summed E-state index contributed by atoms with van der Waals surface area (Å²) in [7, 11) is 0. The molecule has 2 heterocycles. The third-order valence-electron chi connectivity index (χ3n) is 4.02. The van der Waals surface area contributed by atoms with Crippen molar-refractivity contribution in [3.63, 3.8) is 0 Å². The Kier molecular flexibility index (Phi) is 6.64. The molecule has 0 unspecified atom stereocenters. The number of halogens is 2. The molecule has 0 saturated heterocycles. The predicted octanol–water partition coefficient (Wildman–Crippen LogP) is -0.755. The number of H-pyrrole nitrogens is 2. The van der Waals surface area contributed by atoms with Gasteiger partial charge in [0.1, 0.15) is 6.07 Å². The maximum Gasteiger partial charge on any atom is 1.00 e. The summed E-state index contributed by atoms with van der Waals surface area (Å²) in [5.41, 5.74) is -2.59. The van der Waals surface area contributed by atoms with E-state index in [0.717, 1.165) is 4.68 Å². The quantitative estimate of drug-likeness (QED) is 0.377. The Morgan fingerprint density at radius 1 is 1.06 bits per heavy atom. The van der Waals surface area contributed by atoms with Crippen molar-refractivity contribution in [2.24, 2.45) is 0 Å². The average molecular weight is 467 g/mol. The molecule has 0 bridgehead atoms. The largest absolute Gasteiger partial charge is 1.00 e. The average Bonchev–Trinajstić information content (AvgIpc) is 2.72. The third-order valence-corrected chi connectivity index (χ3v) is 4.58. The maximum atomic E-state index is 12.1. The molecule has 2 aromatic carbocycles. The van der Waals surface area contributed by atoms with Gasteiger partial charge >= 0.3 is 35.2 Å². The van der Waals surface area contributed by atoms with E-state index in [2.05, 4.69) is 15.3 Å². The number of hydrogen-bond acceptors (Lipinski definition) is 7. The summed E-state index contributed by atoms with van der Waals surface area (Å²) in [5, 5.41) is 19.7. The normalized spacial score (nSPS) is 10.4. The first kappa shape index (κ1) is 22.7. The van der Waals surface area contributed by atoms with Crippen molar-refractivity contribution >= 4 is 34.0 Å². The van der Waals surface area contributed by atoms with Crippen LogP contribution in [0.2, 0.25) is 10.0 Å². The van der Waals surface area contributed by atoms with Crippen LogP contribution in [0, 0.1) is 11.3 Å². The summed E-state index contributed by atoms with van der Waals surface area (Å²) in [5.74, 6) is 0.0811. The van der Waals surface area contributed by atoms with Crippen LogP contribution in [0.3, 0.4) is 0 Å². The fraction of sp³-hybridized carbons (Fsp3) is 0. The first-order chi connectivity index (χ1) is 14.4. The molecule has 10 nitrogen and oxygen atoms in total. The molecule has 0 spiro atoms. The minimum absolute atomic E-state index is 0. The monoisotopic (exact) mass is 466 g/mol. The molecule has 150 valence electrons. The minimum atomic E-state index is -0.910. The zero-order valence-electron chi connectivity index (χ0n) is 16.6. The maximum absolute atomic E-state index is 12.1. The van der Waals surface area contributed by atoms with Gasteiger partial charge in [0.2, 0.25) is 11.6 Å². The summed E-state index contributed by atoms with van der Waals surface area (Å²) in [4.78, 5) is 37.5. The Morgan fingerprint density at radius 2 is 1.71 bits per heavy atom. The fourth-order valence-corrected chi connectivity index (χ4v) is 3.23. The number of aromatic nitrogens is 5. The second-order valence-corrected chi connectivity index (χ2v) is 6.69. The van der Waals surface area contributed by atoms with Gasteiger partial charge in [-0.25, -0.2) is 9.89 Å². The van der Waals surface area contributed by atoms with Gasteiger partial charge in [-0.1, -0.05) is 35.3 Å². The van der Waals surface area contributed by atoms with E-state index in [1.54, 1.807) is 30.3 Å². The Bertz CT molecular complexity index is 1520. The second-order valence-electron chi connectivity index (χ2n) is 5.88. The zero-order valence-corrected chi connectivity index (χ0v) is 19.2. The van der Waals surface area contributed by atoms with Gasteiger partial charge in [0.05, 0.1) is 26.5 Å². The number of fused-ring (bicyclic) bond motifs is 1. The standard InChI is InChI=1S/C18H8Cl2N6O4.Na.H/c19-11-5-8(26-18(29)22-16(28)13(7-21)25-26)6-12(20)14(11)30-17-10-4-2-1-3-9(10)15(27)23-24-17;;/h1-6H,(H,23,27)(H,22,28,29);;/q;+1;-1. The van der Waals surface area contributed by atoms with Crippen LogP contribution in [-0.2, 0) is 0 Å². The molecule has 0 radical (unpaired) electrons. The SMILES string of the molecule is N#Cc1nn(-c2cc(Cl)c(Oc3n[nH]c(=O)c4ccccc34)c(Cl)c2)c(=O)[nH]c1=O.[H-].[Na+]. The summed E-state index contributed by atoms with van der Waals surface area (Å²) in [6.07, 6.45) is 0. The van der Waals surface area contributed by atoms with E-state index < -0.39 is 16.9 Å². The summed E-state index contributed by atoms with van der Waals surface area (Å²) < 4.78 is 6.50. The molecule has 2 N–H and O–H groups in total. The summed E-state index contributed by atoms with van der Waals surface area (Å²) >= 11 is 12.6. The van der Waals surface area contributed by atoms with Crippen LogP contribution in [0.1, 0.15) is 7.12 Å². The van der Waals surface area contributed by atoms with Crippen molar-refractivity contribution in [2.75, 3.05) is 0 Å². The van der Waals surface area contributed by atoms with E-state index in [-0.39, 0.29) is 63.9 Å². The number of nitriles is 1. The molecule has 0 aliphatic carbocycles. The van der Waals surface area contributed by atoms with Gasteiger partial charge in [0.25, 0.3) is 11.1 Å². The Hall–Kier alpha value is -2.94. The Balaban J connectivity index is 0.00000181. The number of nitrogens with zero attached hydrogens (tertiary/aromatic N) is 4. The predicted molar refractivity (Wildman–Crippen MR) is 109 cm³/mol. The van der Waals surface area contributed by atoms with Crippen LogP contribution >= 0.6 is 23.2 Å². The van der Waals surface area contributed by atoms with E-state index in [1.807, 2.05) is 4.98 Å². The number of nitrogens with one attached hydrogen (secondary N) is 2. The molecule has 31 heavy (non-hydrogen) atoms. The zero-order chi connectivity index (χ0) is 21.4. The van der Waals surface area contributed by atoms with Crippen LogP contribution in [0.15, 0.2) is 50.8 Å². The Morgan fingerprint density at radius 3 is 2.35 bits per heavy atom. The van der Waals surface area contributed by atoms with Crippen molar-refractivity contribution in [2.45, 2.75) is 0 Å². The molecule has 2 aromatic heterocycles. The van der Waals surface area contributed by atoms with Gasteiger partial charge in [0, 0.05) is 0 Å². The molecule has 13 heteroatoms. The first-order valence-corrected chi connectivity index (χ1v) is 8.93. The van der Waals surface area contributed by atoms with Gasteiger partial charge in [-0.3, -0.25) is 14.6 Å². The number of ether oxygens (including phenoxy) is 1. The van der Waals surface area contributed by atoms with Crippen LogP contribution in [-0.4, -0.2) is 25.0 Å². The first-order valence-electron chi connectivity index (χ1n) is 8.17. The van der Waals surface area contributed by atoms with Crippen molar-refractivity contribution in [3.05, 3.63) is 83.3 Å². The molecule has 0 amide bonds. The fourth-order valence-electron chi connectivity index (χ4n) is 2.68. The van der Waals surface area contributed by atoms with E-state index in [4.69, 9.17) is 33.2 Å². The van der Waals surface area contributed by atoms with Crippen LogP contribution < -0.4 is 51.1 Å². The van der Waals surface area contributed by atoms with Crippen molar-refractivity contribution in [1.29, 1.82) is 5.26 Å². The number of rotatable bonds is 3. The molecule has 0 atom stereocenters. The number of benzene rings is 2. The van der Waals surface area contributed by atoms with Gasteiger partial charge < -0.3 is 6.16 Å². The molecule has 0 saturated carbocycles. The summed E-state index contributed by atoms with van der Waals surface area (Å²) in [6, 6.07) is 10.9. The smallest absolute Gasteiger partial charge is 1.00 e. The summed E-state index contributed by atoms with van der Waals surface area (Å²) in [6.45, 7) is 0. The van der Waals surface area contributed by atoms with Crippen molar-refractivity contribution in [3.8, 4) is 23.4 Å². The van der Waals surface area contributed by atoms with Crippen LogP contribution in [0.5, 0.6) is 11.6 Å². The van der Waals surface area contributed by atoms with Gasteiger partial charge in [-0.2, -0.15) is 9.94 Å². The number of hydrogen-bond donors (Lipinski definition) is 2. The molecular weight excluding hydrogens is 458 g/mol. The molecule has 0 aliphatic rings. The van der Waals surface area contributed by atoms with Crippen molar-refractivity contribution < 1.29 is 35.7 Å². The topological polar surface area (TPSA) is 147 Å². The van der Waals surface area contributed by atoms with E-state index in [0.29, 0.717) is 10.8 Å². The molecule has 0 fully saturated rings. The van der Waals surface area contributed by atoms with E-state index in [9.17, 15) is 14.4 Å². The molecular formula is C18H9Cl2N6NaO4. The minimum Gasteiger partial charge on any atom is -1.00 e. The second kappa shape index (κ2) is 9.05. The van der Waals surface area contributed by atoms with E-state index >= 15 is 0 Å². The molecule has 4 rings (SSSR count). The Labute approximate surface area is 205 Å². The molecule has 0 aliphatic heterocycles. The number of aromatic amines is 2. The van der Waals surface area contributed by atoms with Crippen molar-refractivity contribution in [1.82, 2.24) is 25.0 Å². The van der Waals surface area contributed by atoms with Crippen LogP contribution in [0.25, 0.3) is 16.5 Å². The molecule has 4 aromatic rings. The van der Waals surface area contributed by atoms with Crippen LogP contribution in [0.4, 0.5) is 0 Å². The van der Waals surface area contributed by atoms with Gasteiger partial charge in [-0.05, 0) is 24.3 Å². The van der Waals surface area contributed by atoms with Gasteiger partial charge in [0.15, 0.2) is 5.75 Å². The third kappa shape index (κ3) is 4.27. The van der Waals surface area contributed by atoms with Gasteiger partial charge in [-0.15, -0.1) is 10.2 Å².